The van der Waals surface area contributed by atoms with Crippen LogP contribution < -0.4 is 5.73 Å². The van der Waals surface area contributed by atoms with Gasteiger partial charge >= 0.3 is 0 Å². The summed E-state index contributed by atoms with van der Waals surface area (Å²) < 4.78 is 2.00. The van der Waals surface area contributed by atoms with Crippen molar-refractivity contribution in [3.05, 3.63) is 5.82 Å². The van der Waals surface area contributed by atoms with Gasteiger partial charge in [0.15, 0.2) is 5.16 Å². The standard InChI is InChI=1S/C9H18N4S/c1-6(10)5-7(2)14-9-12-11-8(3)13(9)4/h6-7H,5,10H2,1-4H3. The molecule has 0 amide bonds. The minimum Gasteiger partial charge on any atom is -0.328 e. The summed E-state index contributed by atoms with van der Waals surface area (Å²) in [5, 5.41) is 9.56. The molecule has 14 heavy (non-hydrogen) atoms. The second-order valence-electron chi connectivity index (χ2n) is 3.73. The molecule has 80 valence electrons. The predicted molar refractivity (Wildman–Crippen MR) is 59.3 cm³/mol. The van der Waals surface area contributed by atoms with E-state index in [0.717, 1.165) is 17.4 Å². The quantitative estimate of drug-likeness (QED) is 0.768. The molecule has 0 aromatic carbocycles. The molecule has 1 heterocycles. The van der Waals surface area contributed by atoms with Gasteiger partial charge in [-0.3, -0.25) is 0 Å². The summed E-state index contributed by atoms with van der Waals surface area (Å²) in [7, 11) is 1.98. The van der Waals surface area contributed by atoms with Crippen molar-refractivity contribution in [1.29, 1.82) is 0 Å². The summed E-state index contributed by atoms with van der Waals surface area (Å²) in [6, 6.07) is 0.242. The molecule has 0 radical (unpaired) electrons. The molecular formula is C9H18N4S. The lowest BCUT2D eigenvalue weighted by Gasteiger charge is -2.12. The molecular weight excluding hydrogens is 196 g/mol. The van der Waals surface area contributed by atoms with E-state index in [4.69, 9.17) is 5.73 Å². The van der Waals surface area contributed by atoms with Crippen molar-refractivity contribution in [2.75, 3.05) is 0 Å². The number of aryl methyl sites for hydroxylation is 1. The third kappa shape index (κ3) is 2.99. The summed E-state index contributed by atoms with van der Waals surface area (Å²) >= 11 is 1.73. The highest BCUT2D eigenvalue weighted by atomic mass is 32.2. The SMILES string of the molecule is Cc1nnc(SC(C)CC(C)N)n1C. The predicted octanol–water partition coefficient (Wildman–Crippen LogP) is 1.34. The number of rotatable bonds is 4. The topological polar surface area (TPSA) is 56.7 Å². The van der Waals surface area contributed by atoms with E-state index in [1.165, 1.54) is 0 Å². The number of nitrogens with zero attached hydrogens (tertiary/aromatic N) is 3. The summed E-state index contributed by atoms with van der Waals surface area (Å²) in [5.74, 6) is 0.945. The van der Waals surface area contributed by atoms with Crippen LogP contribution in [0, 0.1) is 6.92 Å². The summed E-state index contributed by atoms with van der Waals surface area (Å²) in [4.78, 5) is 0. The van der Waals surface area contributed by atoms with Gasteiger partial charge in [0, 0.05) is 18.3 Å². The van der Waals surface area contributed by atoms with Crippen LogP contribution in [0.1, 0.15) is 26.1 Å². The number of hydrogen-bond donors (Lipinski definition) is 1. The van der Waals surface area contributed by atoms with Crippen molar-refractivity contribution in [2.24, 2.45) is 12.8 Å². The minimum absolute atomic E-state index is 0.242. The molecule has 1 aromatic rings. The molecule has 0 aliphatic rings. The van der Waals surface area contributed by atoms with Crippen LogP contribution in [-0.4, -0.2) is 26.1 Å². The molecule has 0 saturated heterocycles. The highest BCUT2D eigenvalue weighted by Crippen LogP contribution is 2.23. The number of aromatic nitrogens is 3. The molecule has 0 fully saturated rings. The van der Waals surface area contributed by atoms with Gasteiger partial charge in [0.25, 0.3) is 0 Å². The first-order valence-electron chi connectivity index (χ1n) is 4.79. The van der Waals surface area contributed by atoms with Gasteiger partial charge in [-0.15, -0.1) is 10.2 Å². The fourth-order valence-electron chi connectivity index (χ4n) is 1.24. The van der Waals surface area contributed by atoms with Crippen LogP contribution >= 0.6 is 11.8 Å². The zero-order valence-corrected chi connectivity index (χ0v) is 10.0. The first-order valence-corrected chi connectivity index (χ1v) is 5.67. The van der Waals surface area contributed by atoms with Crippen LogP contribution in [0.2, 0.25) is 0 Å². The van der Waals surface area contributed by atoms with Gasteiger partial charge in [0.1, 0.15) is 5.82 Å². The lowest BCUT2D eigenvalue weighted by molar-refractivity contribution is 0.659. The Morgan fingerprint density at radius 3 is 2.50 bits per heavy atom. The normalized spacial score (nSPS) is 15.5. The van der Waals surface area contributed by atoms with Crippen molar-refractivity contribution in [3.63, 3.8) is 0 Å². The molecule has 0 aliphatic carbocycles. The molecule has 5 heteroatoms. The number of nitrogens with two attached hydrogens (primary N) is 1. The molecule has 0 aliphatic heterocycles. The Labute approximate surface area is 89.3 Å². The van der Waals surface area contributed by atoms with Gasteiger partial charge in [0.05, 0.1) is 0 Å². The van der Waals surface area contributed by atoms with E-state index < -0.39 is 0 Å². The average Bonchev–Trinajstić information content (AvgIpc) is 2.34. The van der Waals surface area contributed by atoms with Gasteiger partial charge in [-0.1, -0.05) is 18.7 Å². The summed E-state index contributed by atoms with van der Waals surface area (Å²) in [6.07, 6.45) is 0.997. The maximum absolute atomic E-state index is 5.73. The summed E-state index contributed by atoms with van der Waals surface area (Å²) in [5.41, 5.74) is 5.73. The Balaban J connectivity index is 2.56. The zero-order chi connectivity index (χ0) is 10.7. The smallest absolute Gasteiger partial charge is 0.191 e. The van der Waals surface area contributed by atoms with E-state index >= 15 is 0 Å². The first-order chi connectivity index (χ1) is 6.50. The van der Waals surface area contributed by atoms with Crippen LogP contribution in [-0.2, 0) is 7.05 Å². The Hall–Kier alpha value is -0.550. The van der Waals surface area contributed by atoms with Crippen molar-refractivity contribution in [1.82, 2.24) is 14.8 Å². The van der Waals surface area contributed by atoms with Crippen LogP contribution in [0.5, 0.6) is 0 Å². The van der Waals surface area contributed by atoms with E-state index in [1.807, 2.05) is 25.5 Å². The van der Waals surface area contributed by atoms with E-state index in [1.54, 1.807) is 11.8 Å². The highest BCUT2D eigenvalue weighted by Gasteiger charge is 2.11. The van der Waals surface area contributed by atoms with Crippen molar-refractivity contribution in [2.45, 2.75) is 43.6 Å². The maximum Gasteiger partial charge on any atom is 0.191 e. The Kier molecular flexibility index (Phi) is 3.95. The maximum atomic E-state index is 5.73. The second-order valence-corrected chi connectivity index (χ2v) is 5.14. The molecule has 2 N–H and O–H groups in total. The highest BCUT2D eigenvalue weighted by molar-refractivity contribution is 7.99. The molecule has 0 saturated carbocycles. The van der Waals surface area contributed by atoms with E-state index in [-0.39, 0.29) is 6.04 Å². The molecule has 0 bridgehead atoms. The van der Waals surface area contributed by atoms with Crippen molar-refractivity contribution < 1.29 is 0 Å². The van der Waals surface area contributed by atoms with Crippen molar-refractivity contribution in [3.8, 4) is 0 Å². The van der Waals surface area contributed by atoms with Crippen molar-refractivity contribution >= 4 is 11.8 Å². The molecule has 2 atom stereocenters. The lowest BCUT2D eigenvalue weighted by atomic mass is 10.2. The van der Waals surface area contributed by atoms with E-state index in [9.17, 15) is 0 Å². The van der Waals surface area contributed by atoms with Gasteiger partial charge in [-0.2, -0.15) is 0 Å². The Bertz CT molecular complexity index is 295. The Morgan fingerprint density at radius 2 is 2.07 bits per heavy atom. The molecule has 0 spiro atoms. The minimum atomic E-state index is 0.242. The van der Waals surface area contributed by atoms with Gasteiger partial charge in [0.2, 0.25) is 0 Å². The first kappa shape index (κ1) is 11.5. The fraction of sp³-hybridized carbons (Fsp3) is 0.778. The van der Waals surface area contributed by atoms with E-state index in [0.29, 0.717) is 5.25 Å². The largest absolute Gasteiger partial charge is 0.328 e. The van der Waals surface area contributed by atoms with Crippen LogP contribution in [0.15, 0.2) is 5.16 Å². The average molecular weight is 214 g/mol. The molecule has 4 nitrogen and oxygen atoms in total. The zero-order valence-electron chi connectivity index (χ0n) is 9.19. The van der Waals surface area contributed by atoms with Crippen LogP contribution in [0.3, 0.4) is 0 Å². The molecule has 1 aromatic heterocycles. The summed E-state index contributed by atoms with van der Waals surface area (Å²) in [6.45, 7) is 6.14. The third-order valence-corrected chi connectivity index (χ3v) is 3.22. The monoisotopic (exact) mass is 214 g/mol. The fourth-order valence-corrected chi connectivity index (χ4v) is 2.38. The van der Waals surface area contributed by atoms with Gasteiger partial charge in [-0.05, 0) is 20.3 Å². The molecule has 1 rings (SSSR count). The number of thioether (sulfide) groups is 1. The Morgan fingerprint density at radius 1 is 1.43 bits per heavy atom. The third-order valence-electron chi connectivity index (χ3n) is 2.06. The molecule has 2 unspecified atom stereocenters. The van der Waals surface area contributed by atoms with Gasteiger partial charge < -0.3 is 10.3 Å². The second kappa shape index (κ2) is 4.79. The van der Waals surface area contributed by atoms with Crippen LogP contribution in [0.25, 0.3) is 0 Å². The number of hydrogen-bond acceptors (Lipinski definition) is 4. The van der Waals surface area contributed by atoms with E-state index in [2.05, 4.69) is 17.1 Å². The van der Waals surface area contributed by atoms with Crippen LogP contribution in [0.4, 0.5) is 0 Å². The lowest BCUT2D eigenvalue weighted by Crippen LogP contribution is -2.19. The van der Waals surface area contributed by atoms with Gasteiger partial charge in [-0.25, -0.2) is 0 Å².